The summed E-state index contributed by atoms with van der Waals surface area (Å²) >= 11 is 0. The highest BCUT2D eigenvalue weighted by Gasteiger charge is 2.36. The molecule has 3 heterocycles. The Morgan fingerprint density at radius 2 is 1.83 bits per heavy atom. The molecule has 0 radical (unpaired) electrons. The summed E-state index contributed by atoms with van der Waals surface area (Å²) in [6.45, 7) is 4.24. The quantitative estimate of drug-likeness (QED) is 0.814. The second kappa shape index (κ2) is 5.96. The van der Waals surface area contributed by atoms with Crippen LogP contribution >= 0.6 is 0 Å². The summed E-state index contributed by atoms with van der Waals surface area (Å²) in [5.74, 6) is 1.16. The van der Waals surface area contributed by atoms with E-state index >= 15 is 0 Å². The smallest absolute Gasteiger partial charge is 0.243 e. The van der Waals surface area contributed by atoms with Gasteiger partial charge in [0.1, 0.15) is 0 Å². The minimum absolute atomic E-state index is 0.299. The van der Waals surface area contributed by atoms with Crippen LogP contribution in [0.25, 0.3) is 0 Å². The second-order valence-corrected chi connectivity index (χ2v) is 8.29. The largest absolute Gasteiger partial charge is 0.490 e. The standard InChI is InChI=1S/C16H22N2O4S/c19-23(20,18-8-7-17-6-1-3-13(17)12-18)14-4-5-15-16(11-14)22-10-2-9-21-15/h4-5,11,13H,1-3,6-10,12H2/t13-/m0/s1. The van der Waals surface area contributed by atoms with Gasteiger partial charge < -0.3 is 9.47 Å². The van der Waals surface area contributed by atoms with Gasteiger partial charge in [-0.2, -0.15) is 4.31 Å². The molecule has 0 bridgehead atoms. The SMILES string of the molecule is O=S(=O)(c1ccc2c(c1)OCCCO2)N1CCN2CCC[C@H]2C1. The van der Waals surface area contributed by atoms with E-state index in [1.54, 1.807) is 22.5 Å². The van der Waals surface area contributed by atoms with Gasteiger partial charge in [0.05, 0.1) is 18.1 Å². The van der Waals surface area contributed by atoms with Crippen LogP contribution in [0, 0.1) is 0 Å². The zero-order valence-corrected chi connectivity index (χ0v) is 13.9. The first kappa shape index (κ1) is 15.2. The summed E-state index contributed by atoms with van der Waals surface area (Å²) in [6.07, 6.45) is 3.07. The Hall–Kier alpha value is -1.31. The Morgan fingerprint density at radius 3 is 2.70 bits per heavy atom. The van der Waals surface area contributed by atoms with Crippen molar-refractivity contribution in [2.75, 3.05) is 39.4 Å². The van der Waals surface area contributed by atoms with Gasteiger partial charge in [0, 0.05) is 38.2 Å². The summed E-state index contributed by atoms with van der Waals surface area (Å²) in [5, 5.41) is 0. The molecule has 0 aliphatic carbocycles. The van der Waals surface area contributed by atoms with E-state index in [1.165, 1.54) is 6.42 Å². The van der Waals surface area contributed by atoms with E-state index in [2.05, 4.69) is 4.90 Å². The first-order chi connectivity index (χ1) is 11.1. The fraction of sp³-hybridized carbons (Fsp3) is 0.625. The van der Waals surface area contributed by atoms with Gasteiger partial charge in [0.25, 0.3) is 0 Å². The van der Waals surface area contributed by atoms with Crippen LogP contribution in [-0.2, 0) is 10.0 Å². The molecular formula is C16H22N2O4S. The van der Waals surface area contributed by atoms with Crippen molar-refractivity contribution in [3.8, 4) is 11.5 Å². The molecule has 7 heteroatoms. The maximum atomic E-state index is 13.0. The number of benzene rings is 1. The molecule has 6 nitrogen and oxygen atoms in total. The highest BCUT2D eigenvalue weighted by atomic mass is 32.2. The van der Waals surface area contributed by atoms with E-state index in [-0.39, 0.29) is 0 Å². The minimum atomic E-state index is -3.47. The highest BCUT2D eigenvalue weighted by molar-refractivity contribution is 7.89. The molecule has 0 unspecified atom stereocenters. The van der Waals surface area contributed by atoms with Crippen molar-refractivity contribution >= 4 is 10.0 Å². The maximum Gasteiger partial charge on any atom is 0.243 e. The third-order valence-electron chi connectivity index (χ3n) is 4.91. The topological polar surface area (TPSA) is 59.1 Å². The van der Waals surface area contributed by atoms with Gasteiger partial charge in [-0.15, -0.1) is 0 Å². The van der Waals surface area contributed by atoms with Gasteiger partial charge >= 0.3 is 0 Å². The lowest BCUT2D eigenvalue weighted by atomic mass is 10.2. The van der Waals surface area contributed by atoms with Crippen molar-refractivity contribution in [2.24, 2.45) is 0 Å². The first-order valence-corrected chi connectivity index (χ1v) is 9.72. The molecule has 2 saturated heterocycles. The first-order valence-electron chi connectivity index (χ1n) is 8.28. The van der Waals surface area contributed by atoms with Gasteiger partial charge in [0.15, 0.2) is 11.5 Å². The summed E-state index contributed by atoms with van der Waals surface area (Å²) in [6, 6.07) is 5.32. The molecule has 0 saturated carbocycles. The molecule has 0 spiro atoms. The Morgan fingerprint density at radius 1 is 1.00 bits per heavy atom. The molecule has 3 aliphatic heterocycles. The van der Waals surface area contributed by atoms with Crippen LogP contribution in [0.2, 0.25) is 0 Å². The molecule has 0 aromatic heterocycles. The number of piperazine rings is 1. The number of nitrogens with zero attached hydrogens (tertiary/aromatic N) is 2. The summed E-state index contributed by atoms with van der Waals surface area (Å²) < 4.78 is 38.7. The summed E-state index contributed by atoms with van der Waals surface area (Å²) in [4.78, 5) is 2.70. The Kier molecular flexibility index (Phi) is 3.95. The molecule has 0 N–H and O–H groups in total. The fourth-order valence-corrected chi connectivity index (χ4v) is 5.12. The van der Waals surface area contributed by atoms with Crippen LogP contribution in [0.15, 0.2) is 23.1 Å². The molecule has 4 rings (SSSR count). The van der Waals surface area contributed by atoms with Crippen molar-refractivity contribution in [3.63, 3.8) is 0 Å². The lowest BCUT2D eigenvalue weighted by Gasteiger charge is -2.36. The molecule has 23 heavy (non-hydrogen) atoms. The maximum absolute atomic E-state index is 13.0. The number of sulfonamides is 1. The minimum Gasteiger partial charge on any atom is -0.490 e. The van der Waals surface area contributed by atoms with Crippen molar-refractivity contribution in [3.05, 3.63) is 18.2 Å². The molecule has 1 aromatic rings. The monoisotopic (exact) mass is 338 g/mol. The number of rotatable bonds is 2. The van der Waals surface area contributed by atoms with Gasteiger partial charge in [-0.3, -0.25) is 4.90 Å². The van der Waals surface area contributed by atoms with E-state index in [4.69, 9.17) is 9.47 Å². The van der Waals surface area contributed by atoms with E-state index in [9.17, 15) is 8.42 Å². The van der Waals surface area contributed by atoms with Crippen LogP contribution in [0.5, 0.6) is 11.5 Å². The predicted octanol–water partition coefficient (Wildman–Crippen LogP) is 1.32. The summed E-state index contributed by atoms with van der Waals surface area (Å²) in [7, 11) is -3.47. The third kappa shape index (κ3) is 2.81. The average Bonchev–Trinajstić information content (AvgIpc) is 2.90. The lowest BCUT2D eigenvalue weighted by Crippen LogP contribution is -2.51. The number of fused-ring (bicyclic) bond motifs is 2. The van der Waals surface area contributed by atoms with Crippen molar-refractivity contribution < 1.29 is 17.9 Å². The molecule has 2 fully saturated rings. The van der Waals surface area contributed by atoms with Crippen LogP contribution in [0.3, 0.4) is 0 Å². The fourth-order valence-electron chi connectivity index (χ4n) is 3.63. The van der Waals surface area contributed by atoms with E-state index < -0.39 is 10.0 Å². The van der Waals surface area contributed by atoms with Crippen LogP contribution < -0.4 is 9.47 Å². The van der Waals surface area contributed by atoms with Crippen molar-refractivity contribution in [1.82, 2.24) is 9.21 Å². The zero-order valence-electron chi connectivity index (χ0n) is 13.1. The normalized spacial score (nSPS) is 25.8. The van der Waals surface area contributed by atoms with Gasteiger partial charge in [-0.05, 0) is 31.5 Å². The average molecular weight is 338 g/mol. The van der Waals surface area contributed by atoms with Crippen LogP contribution in [0.1, 0.15) is 19.3 Å². The van der Waals surface area contributed by atoms with E-state index in [1.807, 2.05) is 0 Å². The lowest BCUT2D eigenvalue weighted by molar-refractivity contribution is 0.158. The molecule has 0 amide bonds. The number of ether oxygens (including phenoxy) is 2. The molecule has 126 valence electrons. The molecule has 3 aliphatic rings. The van der Waals surface area contributed by atoms with Gasteiger partial charge in [0.2, 0.25) is 10.0 Å². The molecule has 1 atom stereocenters. The Bertz CT molecular complexity index is 691. The predicted molar refractivity (Wildman–Crippen MR) is 85.4 cm³/mol. The van der Waals surface area contributed by atoms with Gasteiger partial charge in [-0.1, -0.05) is 0 Å². The Labute approximate surface area is 137 Å². The molecular weight excluding hydrogens is 316 g/mol. The van der Waals surface area contributed by atoms with Crippen molar-refractivity contribution in [1.29, 1.82) is 0 Å². The Balaban J connectivity index is 1.60. The zero-order chi connectivity index (χ0) is 15.9. The van der Waals surface area contributed by atoms with E-state index in [0.717, 1.165) is 25.9 Å². The number of hydrogen-bond donors (Lipinski definition) is 0. The van der Waals surface area contributed by atoms with Crippen LogP contribution in [0.4, 0.5) is 0 Å². The van der Waals surface area contributed by atoms with Crippen LogP contribution in [-0.4, -0.2) is 63.1 Å². The highest BCUT2D eigenvalue weighted by Crippen LogP contribution is 2.33. The third-order valence-corrected chi connectivity index (χ3v) is 6.77. The second-order valence-electron chi connectivity index (χ2n) is 6.35. The molecule has 1 aromatic carbocycles. The van der Waals surface area contributed by atoms with Crippen molar-refractivity contribution in [2.45, 2.75) is 30.2 Å². The number of hydrogen-bond acceptors (Lipinski definition) is 5. The van der Waals surface area contributed by atoms with E-state index in [0.29, 0.717) is 48.7 Å². The van der Waals surface area contributed by atoms with Gasteiger partial charge in [-0.25, -0.2) is 8.42 Å². The summed E-state index contributed by atoms with van der Waals surface area (Å²) in [5.41, 5.74) is 0.